The van der Waals surface area contributed by atoms with Gasteiger partial charge in [0.15, 0.2) is 0 Å². The highest BCUT2D eigenvalue weighted by Crippen LogP contribution is 2.25. The van der Waals surface area contributed by atoms with Crippen LogP contribution in [0.4, 0.5) is 4.39 Å². The van der Waals surface area contributed by atoms with E-state index in [-0.39, 0.29) is 30.2 Å². The van der Waals surface area contributed by atoms with Gasteiger partial charge in [0.05, 0.1) is 12.6 Å². The van der Waals surface area contributed by atoms with Gasteiger partial charge in [0.25, 0.3) is 0 Å². The molecule has 2 aliphatic rings. The van der Waals surface area contributed by atoms with Crippen molar-refractivity contribution in [1.29, 1.82) is 0 Å². The van der Waals surface area contributed by atoms with Gasteiger partial charge in [0, 0.05) is 33.2 Å². The number of benzene rings is 2. The van der Waals surface area contributed by atoms with E-state index in [1.807, 2.05) is 21.9 Å². The van der Waals surface area contributed by atoms with E-state index >= 15 is 0 Å². The number of carbonyl (C=O) groups is 2. The molecule has 2 heterocycles. The Morgan fingerprint density at radius 3 is 2.40 bits per heavy atom. The first-order valence-electron chi connectivity index (χ1n) is 10.6. The number of carbonyl (C=O) groups excluding carboxylic acids is 2. The third-order valence-electron chi connectivity index (χ3n) is 6.15. The van der Waals surface area contributed by atoms with Crippen LogP contribution in [-0.2, 0) is 29.1 Å². The van der Waals surface area contributed by atoms with Crippen LogP contribution in [0.25, 0.3) is 0 Å². The molecule has 5 nitrogen and oxygen atoms in total. The summed E-state index contributed by atoms with van der Waals surface area (Å²) in [5.74, 6) is -0.197. The van der Waals surface area contributed by atoms with Crippen molar-refractivity contribution in [1.82, 2.24) is 14.7 Å². The number of likely N-dealkylation sites (N-methyl/N-ethyl adjacent to an activating group) is 1. The number of fused-ring (bicyclic) bond motifs is 1. The summed E-state index contributed by atoms with van der Waals surface area (Å²) in [6.07, 6.45) is 2.74. The average molecular weight is 410 g/mol. The van der Waals surface area contributed by atoms with Gasteiger partial charge in [-0.25, -0.2) is 4.39 Å². The van der Waals surface area contributed by atoms with Crippen molar-refractivity contribution in [3.05, 3.63) is 71.0 Å². The summed E-state index contributed by atoms with van der Waals surface area (Å²) in [4.78, 5) is 31.8. The number of rotatable bonds is 5. The van der Waals surface area contributed by atoms with Crippen LogP contribution in [0.15, 0.2) is 48.5 Å². The van der Waals surface area contributed by atoms with E-state index in [1.165, 1.54) is 23.3 Å². The van der Waals surface area contributed by atoms with E-state index in [1.54, 1.807) is 24.1 Å². The Bertz CT molecular complexity index is 909. The first-order chi connectivity index (χ1) is 14.5. The van der Waals surface area contributed by atoms with Crippen LogP contribution in [-0.4, -0.2) is 59.2 Å². The fourth-order valence-corrected chi connectivity index (χ4v) is 4.38. The number of amides is 2. The molecular weight excluding hydrogens is 381 g/mol. The minimum absolute atomic E-state index is 0.0436. The van der Waals surface area contributed by atoms with Crippen LogP contribution in [0.3, 0.4) is 0 Å². The molecule has 30 heavy (non-hydrogen) atoms. The zero-order chi connectivity index (χ0) is 21.1. The molecule has 2 aromatic carbocycles. The average Bonchev–Trinajstić information content (AvgIpc) is 3.29. The quantitative estimate of drug-likeness (QED) is 0.763. The molecule has 0 saturated carbocycles. The summed E-state index contributed by atoms with van der Waals surface area (Å²) in [7, 11) is 1.75. The zero-order valence-electron chi connectivity index (χ0n) is 17.4. The SMILES string of the molecule is CN(Cc1ccc(F)cc1)C(=O)CN1Cc2ccccc2C[C@@H]1C(=O)N1CCCC1. The minimum atomic E-state index is -0.304. The monoisotopic (exact) mass is 409 g/mol. The molecule has 6 heteroatoms. The van der Waals surface area contributed by atoms with E-state index in [2.05, 4.69) is 12.1 Å². The van der Waals surface area contributed by atoms with Crippen LogP contribution in [0.2, 0.25) is 0 Å². The van der Waals surface area contributed by atoms with Crippen molar-refractivity contribution in [2.45, 2.75) is 38.4 Å². The summed E-state index contributed by atoms with van der Waals surface area (Å²) in [6.45, 7) is 2.81. The highest BCUT2D eigenvalue weighted by molar-refractivity contribution is 5.84. The number of hydrogen-bond acceptors (Lipinski definition) is 3. The summed E-state index contributed by atoms with van der Waals surface area (Å²) in [5, 5.41) is 0. The molecule has 4 rings (SSSR count). The summed E-state index contributed by atoms with van der Waals surface area (Å²) in [6, 6.07) is 14.0. The van der Waals surface area contributed by atoms with Crippen molar-refractivity contribution in [2.24, 2.45) is 0 Å². The third-order valence-corrected chi connectivity index (χ3v) is 6.15. The van der Waals surface area contributed by atoms with Crippen molar-refractivity contribution >= 4 is 11.8 Å². The Kier molecular flexibility index (Phi) is 6.13. The lowest BCUT2D eigenvalue weighted by Crippen LogP contribution is -2.53. The number of hydrogen-bond donors (Lipinski definition) is 0. The lowest BCUT2D eigenvalue weighted by molar-refractivity contribution is -0.139. The van der Waals surface area contributed by atoms with Crippen LogP contribution >= 0.6 is 0 Å². The molecule has 0 unspecified atom stereocenters. The Morgan fingerprint density at radius 2 is 1.70 bits per heavy atom. The highest BCUT2D eigenvalue weighted by Gasteiger charge is 2.36. The fourth-order valence-electron chi connectivity index (χ4n) is 4.38. The first-order valence-corrected chi connectivity index (χ1v) is 10.6. The number of nitrogens with zero attached hydrogens (tertiary/aromatic N) is 3. The van der Waals surface area contributed by atoms with Gasteiger partial charge < -0.3 is 9.80 Å². The molecule has 0 aliphatic carbocycles. The second-order valence-corrected chi connectivity index (χ2v) is 8.30. The predicted octanol–water partition coefficient (Wildman–Crippen LogP) is 2.83. The Labute approximate surface area is 177 Å². The fraction of sp³-hybridized carbons (Fsp3) is 0.417. The summed E-state index contributed by atoms with van der Waals surface area (Å²) >= 11 is 0. The summed E-state index contributed by atoms with van der Waals surface area (Å²) in [5.41, 5.74) is 3.25. The minimum Gasteiger partial charge on any atom is -0.341 e. The van der Waals surface area contributed by atoms with Crippen LogP contribution in [0.1, 0.15) is 29.5 Å². The van der Waals surface area contributed by atoms with Gasteiger partial charge in [-0.3, -0.25) is 14.5 Å². The van der Waals surface area contributed by atoms with Gasteiger partial charge in [0.1, 0.15) is 5.82 Å². The molecule has 1 atom stereocenters. The maximum atomic E-state index is 13.2. The predicted molar refractivity (Wildman–Crippen MR) is 113 cm³/mol. The number of likely N-dealkylation sites (tertiary alicyclic amines) is 1. The van der Waals surface area contributed by atoms with Gasteiger partial charge in [-0.1, -0.05) is 36.4 Å². The molecule has 1 fully saturated rings. The maximum Gasteiger partial charge on any atom is 0.240 e. The van der Waals surface area contributed by atoms with Crippen molar-refractivity contribution in [2.75, 3.05) is 26.7 Å². The van der Waals surface area contributed by atoms with Gasteiger partial charge in [-0.15, -0.1) is 0 Å². The smallest absolute Gasteiger partial charge is 0.240 e. The lowest BCUT2D eigenvalue weighted by Gasteiger charge is -2.38. The Hall–Kier alpha value is -2.73. The molecule has 0 bridgehead atoms. The largest absolute Gasteiger partial charge is 0.341 e. The van der Waals surface area contributed by atoms with Crippen molar-refractivity contribution in [3.8, 4) is 0 Å². The molecule has 0 radical (unpaired) electrons. The van der Waals surface area contributed by atoms with E-state index < -0.39 is 0 Å². The van der Waals surface area contributed by atoms with Crippen LogP contribution in [0, 0.1) is 5.82 Å². The molecule has 2 aromatic rings. The Balaban J connectivity index is 1.48. The van der Waals surface area contributed by atoms with Gasteiger partial charge in [0.2, 0.25) is 11.8 Å². The molecular formula is C24H28FN3O2. The van der Waals surface area contributed by atoms with Crippen LogP contribution < -0.4 is 0 Å². The van der Waals surface area contributed by atoms with E-state index in [9.17, 15) is 14.0 Å². The van der Waals surface area contributed by atoms with Gasteiger partial charge >= 0.3 is 0 Å². The van der Waals surface area contributed by atoms with Crippen LogP contribution in [0.5, 0.6) is 0 Å². The van der Waals surface area contributed by atoms with E-state index in [0.717, 1.165) is 31.5 Å². The van der Waals surface area contributed by atoms with Gasteiger partial charge in [-0.2, -0.15) is 0 Å². The standard InChI is InChI=1S/C24H28FN3O2/c1-26(15-18-8-10-21(25)11-9-18)23(29)17-28-16-20-7-3-2-6-19(20)14-22(28)24(30)27-12-4-5-13-27/h2-3,6-11,22H,4-5,12-17H2,1H3/t22-/m1/s1. The molecule has 0 N–H and O–H groups in total. The first kappa shape index (κ1) is 20.5. The summed E-state index contributed by atoms with van der Waals surface area (Å²) < 4.78 is 13.1. The second-order valence-electron chi connectivity index (χ2n) is 8.30. The molecule has 1 saturated heterocycles. The van der Waals surface area contributed by atoms with Gasteiger partial charge in [-0.05, 0) is 48.1 Å². The number of halogens is 1. The van der Waals surface area contributed by atoms with Crippen molar-refractivity contribution < 1.29 is 14.0 Å². The van der Waals surface area contributed by atoms with E-state index in [4.69, 9.17) is 0 Å². The molecule has 0 aromatic heterocycles. The highest BCUT2D eigenvalue weighted by atomic mass is 19.1. The molecule has 2 aliphatic heterocycles. The maximum absolute atomic E-state index is 13.2. The second kappa shape index (κ2) is 8.96. The lowest BCUT2D eigenvalue weighted by atomic mass is 9.93. The third kappa shape index (κ3) is 4.54. The Morgan fingerprint density at radius 1 is 1.03 bits per heavy atom. The zero-order valence-corrected chi connectivity index (χ0v) is 17.4. The molecule has 0 spiro atoms. The molecule has 158 valence electrons. The topological polar surface area (TPSA) is 43.9 Å². The van der Waals surface area contributed by atoms with E-state index in [0.29, 0.717) is 19.5 Å². The molecule has 2 amide bonds. The van der Waals surface area contributed by atoms with Crippen molar-refractivity contribution in [3.63, 3.8) is 0 Å². The normalized spacial score (nSPS) is 18.9.